The van der Waals surface area contributed by atoms with Crippen LogP contribution in [0.15, 0.2) is 29.4 Å². The maximum atomic E-state index is 12.8. The van der Waals surface area contributed by atoms with E-state index in [1.165, 1.54) is 37.4 Å². The van der Waals surface area contributed by atoms with E-state index < -0.39 is 0 Å². The van der Waals surface area contributed by atoms with Crippen LogP contribution >= 0.6 is 11.8 Å². The predicted molar refractivity (Wildman–Crippen MR) is 98.2 cm³/mol. The number of phenolic OH excluding ortho intramolecular Hbond substituents is 1. The Morgan fingerprint density at radius 3 is 2.77 bits per heavy atom. The van der Waals surface area contributed by atoms with E-state index in [1.54, 1.807) is 28.9 Å². The third kappa shape index (κ3) is 3.56. The van der Waals surface area contributed by atoms with Crippen molar-refractivity contribution in [3.8, 4) is 11.4 Å². The van der Waals surface area contributed by atoms with E-state index in [9.17, 15) is 9.90 Å². The maximum absolute atomic E-state index is 12.8. The second-order valence-corrected chi connectivity index (χ2v) is 7.96. The maximum Gasteiger partial charge on any atom is 0.233 e. The quantitative estimate of drug-likeness (QED) is 0.830. The van der Waals surface area contributed by atoms with Crippen LogP contribution < -0.4 is 0 Å². The van der Waals surface area contributed by atoms with Gasteiger partial charge < -0.3 is 10.0 Å². The van der Waals surface area contributed by atoms with Gasteiger partial charge in [0.1, 0.15) is 5.75 Å². The van der Waals surface area contributed by atoms with Gasteiger partial charge >= 0.3 is 0 Å². The fourth-order valence-electron chi connectivity index (χ4n) is 4.17. The monoisotopic (exact) mass is 373 g/mol. The van der Waals surface area contributed by atoms with Crippen molar-refractivity contribution in [3.05, 3.63) is 24.3 Å². The van der Waals surface area contributed by atoms with E-state index in [4.69, 9.17) is 0 Å². The molecule has 2 fully saturated rings. The number of hydrogen-bond donors (Lipinski definition) is 1. The molecule has 1 aromatic heterocycles. The number of benzene rings is 1. The van der Waals surface area contributed by atoms with Crippen molar-refractivity contribution in [2.45, 2.75) is 49.7 Å². The Balaban J connectivity index is 1.42. The lowest BCUT2D eigenvalue weighted by atomic mass is 9.78. The van der Waals surface area contributed by atoms with E-state index in [0.29, 0.717) is 22.9 Å². The number of nitrogens with zero attached hydrogens (tertiary/aromatic N) is 5. The first-order valence-electron chi connectivity index (χ1n) is 9.22. The van der Waals surface area contributed by atoms with Gasteiger partial charge in [0.2, 0.25) is 11.1 Å². The summed E-state index contributed by atoms with van der Waals surface area (Å²) in [5.74, 6) is 1.42. The Kier molecular flexibility index (Phi) is 5.10. The molecule has 2 aliphatic rings. The number of carbonyl (C=O) groups excluding carboxylic acids is 1. The lowest BCUT2D eigenvalue weighted by Gasteiger charge is -2.44. The molecular weight excluding hydrogens is 350 g/mol. The molecule has 2 aromatic rings. The van der Waals surface area contributed by atoms with Crippen LogP contribution in [0.3, 0.4) is 0 Å². The van der Waals surface area contributed by atoms with Crippen LogP contribution in [0.5, 0.6) is 5.75 Å². The minimum atomic E-state index is 0.187. The molecule has 138 valence electrons. The van der Waals surface area contributed by atoms with E-state index >= 15 is 0 Å². The van der Waals surface area contributed by atoms with Gasteiger partial charge in [-0.1, -0.05) is 24.6 Å². The van der Waals surface area contributed by atoms with Crippen molar-refractivity contribution in [1.82, 2.24) is 25.1 Å². The molecule has 2 atom stereocenters. The van der Waals surface area contributed by atoms with Gasteiger partial charge in [0.15, 0.2) is 0 Å². The largest absolute Gasteiger partial charge is 0.508 e. The third-order valence-electron chi connectivity index (χ3n) is 5.42. The molecule has 26 heavy (non-hydrogen) atoms. The molecule has 1 aliphatic heterocycles. The molecule has 1 N–H and O–H groups in total. The van der Waals surface area contributed by atoms with Crippen LogP contribution in [0.2, 0.25) is 0 Å². The molecule has 0 radical (unpaired) electrons. The van der Waals surface area contributed by atoms with E-state index in [-0.39, 0.29) is 11.7 Å². The van der Waals surface area contributed by atoms with Gasteiger partial charge in [-0.15, -0.1) is 5.10 Å². The van der Waals surface area contributed by atoms with Crippen molar-refractivity contribution >= 4 is 17.7 Å². The normalized spacial score (nSPS) is 22.8. The Labute approximate surface area is 156 Å². The molecule has 1 aliphatic carbocycles. The summed E-state index contributed by atoms with van der Waals surface area (Å²) in [7, 11) is 0. The lowest BCUT2D eigenvalue weighted by Crippen LogP contribution is -2.50. The molecule has 1 saturated carbocycles. The summed E-state index contributed by atoms with van der Waals surface area (Å²) < 4.78 is 1.59. The molecule has 8 heteroatoms. The third-order valence-corrected chi connectivity index (χ3v) is 6.33. The number of aromatic nitrogens is 4. The van der Waals surface area contributed by atoms with Gasteiger partial charge in [0.05, 0.1) is 11.4 Å². The summed E-state index contributed by atoms with van der Waals surface area (Å²) >= 11 is 1.37. The first-order chi connectivity index (χ1) is 12.7. The average Bonchev–Trinajstić information content (AvgIpc) is 3.15. The zero-order valence-corrected chi connectivity index (χ0v) is 15.4. The molecule has 2 heterocycles. The highest BCUT2D eigenvalue weighted by Crippen LogP contribution is 2.35. The smallest absolute Gasteiger partial charge is 0.233 e. The number of carbonyl (C=O) groups is 1. The van der Waals surface area contributed by atoms with Crippen LogP contribution in [-0.4, -0.2) is 54.5 Å². The molecule has 2 unspecified atom stereocenters. The van der Waals surface area contributed by atoms with Crippen molar-refractivity contribution in [3.63, 3.8) is 0 Å². The Morgan fingerprint density at radius 2 is 1.92 bits per heavy atom. The first-order valence-corrected chi connectivity index (χ1v) is 10.2. The summed E-state index contributed by atoms with van der Waals surface area (Å²) in [6.07, 6.45) is 7.33. The minimum absolute atomic E-state index is 0.187. The molecule has 0 spiro atoms. The molecule has 7 nitrogen and oxygen atoms in total. The highest BCUT2D eigenvalue weighted by atomic mass is 32.2. The number of amides is 1. The Hall–Kier alpha value is -2.09. The highest BCUT2D eigenvalue weighted by Gasteiger charge is 2.35. The van der Waals surface area contributed by atoms with Crippen LogP contribution in [-0.2, 0) is 4.79 Å². The summed E-state index contributed by atoms with van der Waals surface area (Å²) in [5.41, 5.74) is 0.757. The molecule has 1 aromatic carbocycles. The fourth-order valence-corrected chi connectivity index (χ4v) is 4.95. The van der Waals surface area contributed by atoms with Gasteiger partial charge in [0.25, 0.3) is 0 Å². The first kappa shape index (κ1) is 17.3. The molecule has 4 rings (SSSR count). The summed E-state index contributed by atoms with van der Waals surface area (Å²) in [4.78, 5) is 14.9. The van der Waals surface area contributed by atoms with Gasteiger partial charge in [-0.05, 0) is 66.3 Å². The fraction of sp³-hybridized carbons (Fsp3) is 0.556. The van der Waals surface area contributed by atoms with Crippen LogP contribution in [0.1, 0.15) is 38.5 Å². The number of aromatic hydroxyl groups is 1. The minimum Gasteiger partial charge on any atom is -0.508 e. The van der Waals surface area contributed by atoms with Gasteiger partial charge in [-0.2, -0.15) is 4.68 Å². The van der Waals surface area contributed by atoms with Gasteiger partial charge in [0, 0.05) is 12.6 Å². The van der Waals surface area contributed by atoms with Crippen molar-refractivity contribution in [2.24, 2.45) is 5.92 Å². The summed E-state index contributed by atoms with van der Waals surface area (Å²) in [5, 5.41) is 21.8. The van der Waals surface area contributed by atoms with E-state index in [1.807, 2.05) is 0 Å². The molecule has 0 bridgehead atoms. The zero-order chi connectivity index (χ0) is 17.9. The number of fused-ring (bicyclic) bond motifs is 1. The van der Waals surface area contributed by atoms with Gasteiger partial charge in [-0.25, -0.2) is 0 Å². The number of likely N-dealkylation sites (tertiary alicyclic amines) is 1. The number of phenols is 1. The molecule has 1 amide bonds. The Bertz CT molecular complexity index is 761. The standard InChI is InChI=1S/C18H23N5O2S/c24-15-9-7-14(8-10-15)23-18(19-20-21-23)26-12-17(25)22-11-3-5-13-4-1-2-6-16(13)22/h7-10,13,16,24H,1-6,11-12H2. The molecular formula is C18H23N5O2S. The average molecular weight is 373 g/mol. The van der Waals surface area contributed by atoms with E-state index in [2.05, 4.69) is 20.4 Å². The van der Waals surface area contributed by atoms with Crippen molar-refractivity contribution < 1.29 is 9.90 Å². The SMILES string of the molecule is O=C(CSc1nnnn1-c1ccc(O)cc1)N1CCCC2CCCCC21. The topological polar surface area (TPSA) is 84.1 Å². The van der Waals surface area contributed by atoms with Crippen LogP contribution in [0.25, 0.3) is 5.69 Å². The van der Waals surface area contributed by atoms with Crippen LogP contribution in [0, 0.1) is 5.92 Å². The number of piperidine rings is 1. The summed E-state index contributed by atoms with van der Waals surface area (Å²) in [6.45, 7) is 0.878. The van der Waals surface area contributed by atoms with E-state index in [0.717, 1.165) is 25.1 Å². The van der Waals surface area contributed by atoms with Crippen molar-refractivity contribution in [2.75, 3.05) is 12.3 Å². The number of rotatable bonds is 4. The summed E-state index contributed by atoms with van der Waals surface area (Å²) in [6, 6.07) is 7.10. The zero-order valence-electron chi connectivity index (χ0n) is 14.6. The van der Waals surface area contributed by atoms with Crippen molar-refractivity contribution in [1.29, 1.82) is 0 Å². The lowest BCUT2D eigenvalue weighted by molar-refractivity contribution is -0.134. The second-order valence-electron chi connectivity index (χ2n) is 7.02. The Morgan fingerprint density at radius 1 is 1.15 bits per heavy atom. The highest BCUT2D eigenvalue weighted by molar-refractivity contribution is 7.99. The predicted octanol–water partition coefficient (Wildman–Crippen LogP) is 2.64. The number of thioether (sulfide) groups is 1. The molecule has 1 saturated heterocycles. The van der Waals surface area contributed by atoms with Crippen LogP contribution in [0.4, 0.5) is 0 Å². The number of tetrazole rings is 1. The van der Waals surface area contributed by atoms with Gasteiger partial charge in [-0.3, -0.25) is 4.79 Å². The number of hydrogen-bond acceptors (Lipinski definition) is 6. The second kappa shape index (κ2) is 7.65.